The van der Waals surface area contributed by atoms with Crippen LogP contribution in [0, 0.1) is 0 Å². The van der Waals surface area contributed by atoms with Crippen LogP contribution in [0.1, 0.15) is 73.4 Å². The molecule has 0 amide bonds. The Bertz CT molecular complexity index is 969. The van der Waals surface area contributed by atoms with Gasteiger partial charge >= 0.3 is 18.1 Å². The lowest BCUT2D eigenvalue weighted by atomic mass is 10.0. The summed E-state index contributed by atoms with van der Waals surface area (Å²) in [7, 11) is 0. The molecule has 2 aromatic carbocycles. The van der Waals surface area contributed by atoms with E-state index in [-0.39, 0.29) is 17.7 Å². The summed E-state index contributed by atoms with van der Waals surface area (Å²) >= 11 is 0. The fourth-order valence-corrected chi connectivity index (χ4v) is 2.68. The molecule has 0 bridgehead atoms. The number of halogens is 3. The van der Waals surface area contributed by atoms with E-state index >= 15 is 0 Å². The molecule has 32 heavy (non-hydrogen) atoms. The molecule has 0 aliphatic heterocycles. The summed E-state index contributed by atoms with van der Waals surface area (Å²) in [5.41, 5.74) is -1.03. The lowest BCUT2D eigenvalue weighted by Gasteiger charge is -2.23. The summed E-state index contributed by atoms with van der Waals surface area (Å²) in [6.07, 6.45) is -4.40. The number of nitrogens with one attached hydrogen (secondary N) is 1. The van der Waals surface area contributed by atoms with Gasteiger partial charge in [-0.3, -0.25) is 0 Å². The van der Waals surface area contributed by atoms with E-state index in [2.05, 4.69) is 5.32 Å². The smallest absolute Gasteiger partial charge is 0.416 e. The molecule has 0 saturated heterocycles. The van der Waals surface area contributed by atoms with Crippen LogP contribution < -0.4 is 5.32 Å². The standard InChI is InChI=1S/C24H28F3NO4/c1-22(2,3)31-20(29)18-12-11-17(13-19(18)21(30)32-23(4,5)6)28-14-15-7-9-16(10-8-15)24(25,26)27/h7-13,28H,14H2,1-6H3. The monoisotopic (exact) mass is 451 g/mol. The van der Waals surface area contributed by atoms with Gasteiger partial charge in [-0.05, 0) is 77.4 Å². The van der Waals surface area contributed by atoms with E-state index in [9.17, 15) is 22.8 Å². The highest BCUT2D eigenvalue weighted by atomic mass is 19.4. The Kier molecular flexibility index (Phi) is 7.27. The number of alkyl halides is 3. The second-order valence-electron chi connectivity index (χ2n) is 9.31. The van der Waals surface area contributed by atoms with Gasteiger partial charge in [0, 0.05) is 12.2 Å². The summed E-state index contributed by atoms with van der Waals surface area (Å²) in [5.74, 6) is -1.34. The van der Waals surface area contributed by atoms with Crippen molar-refractivity contribution < 1.29 is 32.2 Å². The molecule has 0 aliphatic carbocycles. The van der Waals surface area contributed by atoms with Crippen molar-refractivity contribution >= 4 is 17.6 Å². The Hall–Kier alpha value is -3.03. The molecule has 5 nitrogen and oxygen atoms in total. The van der Waals surface area contributed by atoms with Gasteiger partial charge in [0.1, 0.15) is 11.2 Å². The predicted molar refractivity (Wildman–Crippen MR) is 116 cm³/mol. The SMILES string of the molecule is CC(C)(C)OC(=O)c1ccc(NCc2ccc(C(F)(F)F)cc2)cc1C(=O)OC(C)(C)C. The van der Waals surface area contributed by atoms with Crippen LogP contribution in [0.2, 0.25) is 0 Å². The van der Waals surface area contributed by atoms with E-state index in [1.807, 2.05) is 0 Å². The van der Waals surface area contributed by atoms with Crippen LogP contribution >= 0.6 is 0 Å². The normalized spacial score (nSPS) is 12.3. The summed E-state index contributed by atoms with van der Waals surface area (Å²) < 4.78 is 49.0. The van der Waals surface area contributed by atoms with E-state index in [0.717, 1.165) is 12.1 Å². The average Bonchev–Trinajstić information content (AvgIpc) is 2.63. The van der Waals surface area contributed by atoms with Gasteiger partial charge in [-0.1, -0.05) is 12.1 Å². The Morgan fingerprint density at radius 1 is 0.781 bits per heavy atom. The molecule has 8 heteroatoms. The van der Waals surface area contributed by atoms with Crippen molar-refractivity contribution in [3.05, 3.63) is 64.7 Å². The van der Waals surface area contributed by atoms with Gasteiger partial charge in [0.2, 0.25) is 0 Å². The van der Waals surface area contributed by atoms with Crippen LogP contribution in [0.4, 0.5) is 18.9 Å². The van der Waals surface area contributed by atoms with Crippen LogP contribution in [-0.4, -0.2) is 23.1 Å². The van der Waals surface area contributed by atoms with Gasteiger partial charge in [-0.25, -0.2) is 9.59 Å². The highest BCUT2D eigenvalue weighted by Crippen LogP contribution is 2.29. The molecule has 174 valence electrons. The third kappa shape index (κ3) is 7.59. The van der Waals surface area contributed by atoms with E-state index < -0.39 is 34.9 Å². The number of ether oxygens (including phenoxy) is 2. The first-order chi connectivity index (χ1) is 14.5. The third-order valence-electron chi connectivity index (χ3n) is 4.04. The Morgan fingerprint density at radius 3 is 1.75 bits per heavy atom. The van der Waals surface area contributed by atoms with Crippen LogP contribution in [0.25, 0.3) is 0 Å². The number of hydrogen-bond donors (Lipinski definition) is 1. The van der Waals surface area contributed by atoms with Crippen LogP contribution in [0.3, 0.4) is 0 Å². The zero-order chi connectivity index (χ0) is 24.3. The maximum Gasteiger partial charge on any atom is 0.416 e. The fourth-order valence-electron chi connectivity index (χ4n) is 2.68. The van der Waals surface area contributed by atoms with E-state index in [0.29, 0.717) is 11.3 Å². The first-order valence-corrected chi connectivity index (χ1v) is 10.1. The number of benzene rings is 2. The number of esters is 2. The molecule has 0 aromatic heterocycles. The van der Waals surface area contributed by atoms with Gasteiger partial charge in [0.15, 0.2) is 0 Å². The van der Waals surface area contributed by atoms with Gasteiger partial charge in [-0.2, -0.15) is 13.2 Å². The first-order valence-electron chi connectivity index (χ1n) is 10.1. The minimum Gasteiger partial charge on any atom is -0.456 e. The highest BCUT2D eigenvalue weighted by molar-refractivity contribution is 6.04. The Balaban J connectivity index is 2.27. The maximum atomic E-state index is 12.7. The summed E-state index contributed by atoms with van der Waals surface area (Å²) in [4.78, 5) is 25.4. The summed E-state index contributed by atoms with van der Waals surface area (Å²) in [5, 5.41) is 3.05. The molecule has 2 aromatic rings. The molecule has 0 atom stereocenters. The summed E-state index contributed by atoms with van der Waals surface area (Å²) in [6, 6.07) is 9.29. The van der Waals surface area contributed by atoms with Gasteiger partial charge in [-0.15, -0.1) is 0 Å². The van der Waals surface area contributed by atoms with E-state index in [4.69, 9.17) is 9.47 Å². The van der Waals surface area contributed by atoms with Gasteiger partial charge in [0.25, 0.3) is 0 Å². The average molecular weight is 451 g/mol. The minimum atomic E-state index is -4.40. The number of carbonyl (C=O) groups excluding carboxylic acids is 2. The van der Waals surface area contributed by atoms with E-state index in [1.165, 1.54) is 24.3 Å². The fraction of sp³-hybridized carbons (Fsp3) is 0.417. The number of rotatable bonds is 5. The molecule has 1 N–H and O–H groups in total. The molecular formula is C24H28F3NO4. The van der Waals surface area contributed by atoms with Crippen molar-refractivity contribution in [3.8, 4) is 0 Å². The molecule has 2 rings (SSSR count). The number of hydrogen-bond acceptors (Lipinski definition) is 5. The lowest BCUT2D eigenvalue weighted by Crippen LogP contribution is -2.28. The van der Waals surface area contributed by atoms with E-state index in [1.54, 1.807) is 47.6 Å². The van der Waals surface area contributed by atoms with Crippen molar-refractivity contribution in [2.75, 3.05) is 5.32 Å². The molecule has 0 saturated carbocycles. The van der Waals surface area contributed by atoms with Crippen LogP contribution in [0.5, 0.6) is 0 Å². The van der Waals surface area contributed by atoms with Crippen molar-refractivity contribution in [3.63, 3.8) is 0 Å². The molecule has 0 unspecified atom stereocenters. The van der Waals surface area contributed by atoms with Crippen LogP contribution in [-0.2, 0) is 22.2 Å². The zero-order valence-electron chi connectivity index (χ0n) is 19.0. The van der Waals surface area contributed by atoms with Gasteiger partial charge < -0.3 is 14.8 Å². The molecule has 0 heterocycles. The highest BCUT2D eigenvalue weighted by Gasteiger charge is 2.30. The third-order valence-corrected chi connectivity index (χ3v) is 4.04. The molecule has 0 fully saturated rings. The molecular weight excluding hydrogens is 423 g/mol. The first kappa shape index (κ1) is 25.2. The number of anilines is 1. The van der Waals surface area contributed by atoms with Crippen LogP contribution in [0.15, 0.2) is 42.5 Å². The lowest BCUT2D eigenvalue weighted by molar-refractivity contribution is -0.137. The molecule has 0 spiro atoms. The summed E-state index contributed by atoms with van der Waals surface area (Å²) in [6.45, 7) is 10.5. The number of carbonyl (C=O) groups is 2. The van der Waals surface area contributed by atoms with Crippen molar-refractivity contribution in [1.29, 1.82) is 0 Å². The van der Waals surface area contributed by atoms with Crippen molar-refractivity contribution in [2.45, 2.75) is 65.5 Å². The van der Waals surface area contributed by atoms with Crippen molar-refractivity contribution in [2.24, 2.45) is 0 Å². The maximum absolute atomic E-state index is 12.7. The molecule has 0 radical (unpaired) electrons. The quantitative estimate of drug-likeness (QED) is 0.546. The largest absolute Gasteiger partial charge is 0.456 e. The zero-order valence-corrected chi connectivity index (χ0v) is 19.0. The molecule has 0 aliphatic rings. The second-order valence-corrected chi connectivity index (χ2v) is 9.31. The van der Waals surface area contributed by atoms with Crippen molar-refractivity contribution in [1.82, 2.24) is 0 Å². The second kappa shape index (κ2) is 9.22. The van der Waals surface area contributed by atoms with Gasteiger partial charge in [0.05, 0.1) is 16.7 Å². The predicted octanol–water partition coefficient (Wildman–Crippen LogP) is 6.23. The topological polar surface area (TPSA) is 64.6 Å². The Labute approximate surface area is 185 Å². The minimum absolute atomic E-state index is 0.0339. The Morgan fingerprint density at radius 2 is 1.28 bits per heavy atom.